The summed E-state index contributed by atoms with van der Waals surface area (Å²) in [6.07, 6.45) is 0.0185. The van der Waals surface area contributed by atoms with Crippen molar-refractivity contribution in [2.45, 2.75) is 38.8 Å². The zero-order valence-corrected chi connectivity index (χ0v) is 10.4. The van der Waals surface area contributed by atoms with Crippen LogP contribution < -0.4 is 11.5 Å². The Balaban J connectivity index is 0. The van der Waals surface area contributed by atoms with Crippen LogP contribution in [0.2, 0.25) is 0 Å². The highest BCUT2D eigenvalue weighted by atomic mass is 16.4. The van der Waals surface area contributed by atoms with E-state index in [1.54, 1.807) is 0 Å². The number of carbonyl (C=O) groups is 3. The minimum atomic E-state index is -1.29. The summed E-state index contributed by atoms with van der Waals surface area (Å²) >= 11 is 0. The van der Waals surface area contributed by atoms with Crippen molar-refractivity contribution in [1.29, 1.82) is 0 Å². The molecule has 106 valence electrons. The van der Waals surface area contributed by atoms with E-state index in [-0.39, 0.29) is 0 Å². The molecule has 0 fully saturated rings. The summed E-state index contributed by atoms with van der Waals surface area (Å²) in [5.74, 6) is -3.05. The van der Waals surface area contributed by atoms with Gasteiger partial charge in [0.2, 0.25) is 0 Å². The molecule has 18 heavy (non-hydrogen) atoms. The van der Waals surface area contributed by atoms with Crippen molar-refractivity contribution >= 4 is 17.9 Å². The molecule has 0 heterocycles. The van der Waals surface area contributed by atoms with Gasteiger partial charge in [0.1, 0.15) is 12.1 Å². The molecule has 7 N–H and O–H groups in total. The lowest BCUT2D eigenvalue weighted by molar-refractivity contribution is -0.144. The molecular weight excluding hydrogens is 244 g/mol. The lowest BCUT2D eigenvalue weighted by Gasteiger charge is -2.07. The number of aliphatic carboxylic acids is 3. The van der Waals surface area contributed by atoms with Crippen LogP contribution in [0.5, 0.6) is 0 Å². The van der Waals surface area contributed by atoms with E-state index >= 15 is 0 Å². The second kappa shape index (κ2) is 9.37. The molecule has 0 aliphatic carbocycles. The molecule has 2 atom stereocenters. The molecule has 0 aromatic heterocycles. The van der Waals surface area contributed by atoms with E-state index in [0.717, 1.165) is 0 Å². The fourth-order valence-electron chi connectivity index (χ4n) is 0.884. The Morgan fingerprint density at radius 1 is 0.944 bits per heavy atom. The van der Waals surface area contributed by atoms with Crippen LogP contribution in [0.15, 0.2) is 0 Å². The Bertz CT molecular complexity index is 292. The number of nitrogens with two attached hydrogens (primary N) is 2. The van der Waals surface area contributed by atoms with E-state index in [0.29, 0.717) is 12.3 Å². The van der Waals surface area contributed by atoms with Gasteiger partial charge in [-0.15, -0.1) is 0 Å². The smallest absolute Gasteiger partial charge is 0.321 e. The highest BCUT2D eigenvalue weighted by Gasteiger charge is 2.14. The molecule has 0 aliphatic rings. The van der Waals surface area contributed by atoms with Gasteiger partial charge in [-0.25, -0.2) is 0 Å². The summed E-state index contributed by atoms with van der Waals surface area (Å²) in [6, 6.07) is -1.98. The van der Waals surface area contributed by atoms with E-state index < -0.39 is 36.4 Å². The average Bonchev–Trinajstić information content (AvgIpc) is 2.16. The minimum absolute atomic E-state index is 0.357. The lowest BCUT2D eigenvalue weighted by atomic mass is 10.1. The molecule has 0 aromatic carbocycles. The van der Waals surface area contributed by atoms with Crippen molar-refractivity contribution < 1.29 is 29.7 Å². The zero-order valence-electron chi connectivity index (χ0n) is 10.4. The van der Waals surface area contributed by atoms with Crippen molar-refractivity contribution in [3.63, 3.8) is 0 Å². The van der Waals surface area contributed by atoms with Crippen molar-refractivity contribution in [2.75, 3.05) is 0 Å². The molecule has 0 radical (unpaired) electrons. The van der Waals surface area contributed by atoms with Gasteiger partial charge in [-0.2, -0.15) is 0 Å². The van der Waals surface area contributed by atoms with Gasteiger partial charge >= 0.3 is 17.9 Å². The number of carboxylic acid groups (broad SMARTS) is 3. The van der Waals surface area contributed by atoms with Crippen molar-refractivity contribution in [2.24, 2.45) is 17.4 Å². The maximum absolute atomic E-state index is 10.1. The second-order valence-electron chi connectivity index (χ2n) is 4.12. The average molecular weight is 264 g/mol. The first kappa shape index (κ1) is 18.7. The van der Waals surface area contributed by atoms with Gasteiger partial charge < -0.3 is 26.8 Å². The maximum Gasteiger partial charge on any atom is 0.321 e. The molecule has 0 saturated heterocycles. The fourth-order valence-corrected chi connectivity index (χ4v) is 0.884. The van der Waals surface area contributed by atoms with Crippen LogP contribution in [0.1, 0.15) is 26.7 Å². The van der Waals surface area contributed by atoms with Crippen LogP contribution in [0.25, 0.3) is 0 Å². The topological polar surface area (TPSA) is 164 Å². The summed E-state index contributed by atoms with van der Waals surface area (Å²) in [7, 11) is 0. The first-order valence-electron chi connectivity index (χ1n) is 5.26. The van der Waals surface area contributed by atoms with E-state index in [2.05, 4.69) is 0 Å². The molecular formula is C10H20N2O6. The quantitative estimate of drug-likeness (QED) is 0.421. The largest absolute Gasteiger partial charge is 0.481 e. The van der Waals surface area contributed by atoms with Gasteiger partial charge in [-0.3, -0.25) is 14.4 Å². The van der Waals surface area contributed by atoms with Crippen molar-refractivity contribution in [3.05, 3.63) is 0 Å². The third-order valence-corrected chi connectivity index (χ3v) is 1.75. The lowest BCUT2D eigenvalue weighted by Crippen LogP contribution is -2.32. The number of hydrogen-bond acceptors (Lipinski definition) is 5. The Labute approximate surface area is 105 Å². The van der Waals surface area contributed by atoms with Gasteiger partial charge in [0.15, 0.2) is 0 Å². The highest BCUT2D eigenvalue weighted by molar-refractivity contribution is 5.80. The number of carboxylic acids is 3. The normalized spacial score (nSPS) is 13.2. The summed E-state index contributed by atoms with van der Waals surface area (Å²) in [5, 5.41) is 24.3. The third kappa shape index (κ3) is 12.4. The van der Waals surface area contributed by atoms with Crippen LogP contribution in [0.3, 0.4) is 0 Å². The molecule has 8 heteroatoms. The third-order valence-electron chi connectivity index (χ3n) is 1.75. The standard InChI is InChI=1S/C6H13NO2.C4H7NO4/c1-4(2)3-5(7)6(8)9;5-2(4(8)9)1-3(6)7/h4-5H,3,7H2,1-2H3,(H,8,9);2H,1,5H2,(H,6,7)(H,8,9)/t5-;2-/m00/s1. The van der Waals surface area contributed by atoms with Gasteiger partial charge in [-0.1, -0.05) is 13.8 Å². The Morgan fingerprint density at radius 2 is 1.33 bits per heavy atom. The van der Waals surface area contributed by atoms with Gasteiger partial charge in [-0.05, 0) is 12.3 Å². The second-order valence-corrected chi connectivity index (χ2v) is 4.12. The van der Waals surface area contributed by atoms with Crippen molar-refractivity contribution in [1.82, 2.24) is 0 Å². The van der Waals surface area contributed by atoms with Crippen molar-refractivity contribution in [3.8, 4) is 0 Å². The molecule has 0 spiro atoms. The number of rotatable bonds is 6. The van der Waals surface area contributed by atoms with E-state index in [4.69, 9.17) is 26.8 Å². The molecule has 0 aromatic rings. The Kier molecular flexibility index (Phi) is 9.73. The summed E-state index contributed by atoms with van der Waals surface area (Å²) in [6.45, 7) is 3.89. The molecule has 0 bridgehead atoms. The molecule has 0 unspecified atom stereocenters. The summed E-state index contributed by atoms with van der Waals surface area (Å²) in [5.41, 5.74) is 10.1. The van der Waals surface area contributed by atoms with Crippen LogP contribution in [-0.2, 0) is 14.4 Å². The summed E-state index contributed by atoms with van der Waals surface area (Å²) < 4.78 is 0. The molecule has 0 amide bonds. The van der Waals surface area contributed by atoms with E-state index in [9.17, 15) is 14.4 Å². The predicted octanol–water partition coefficient (Wildman–Crippen LogP) is -0.683. The zero-order chi connectivity index (χ0) is 14.9. The summed E-state index contributed by atoms with van der Waals surface area (Å²) in [4.78, 5) is 29.7. The Morgan fingerprint density at radius 3 is 1.44 bits per heavy atom. The van der Waals surface area contributed by atoms with E-state index in [1.807, 2.05) is 13.8 Å². The van der Waals surface area contributed by atoms with Crippen LogP contribution in [-0.4, -0.2) is 45.3 Å². The van der Waals surface area contributed by atoms with Gasteiger partial charge in [0.25, 0.3) is 0 Å². The van der Waals surface area contributed by atoms with Gasteiger partial charge in [0, 0.05) is 0 Å². The highest BCUT2D eigenvalue weighted by Crippen LogP contribution is 2.01. The van der Waals surface area contributed by atoms with E-state index in [1.165, 1.54) is 0 Å². The first-order valence-corrected chi connectivity index (χ1v) is 5.26. The van der Waals surface area contributed by atoms with Crippen LogP contribution >= 0.6 is 0 Å². The molecule has 8 nitrogen and oxygen atoms in total. The number of hydrogen-bond donors (Lipinski definition) is 5. The van der Waals surface area contributed by atoms with Crippen LogP contribution in [0, 0.1) is 5.92 Å². The van der Waals surface area contributed by atoms with Gasteiger partial charge in [0.05, 0.1) is 6.42 Å². The molecule has 0 rings (SSSR count). The molecule has 0 aliphatic heterocycles. The Hall–Kier alpha value is -1.67. The fraction of sp³-hybridized carbons (Fsp3) is 0.700. The minimum Gasteiger partial charge on any atom is -0.481 e. The maximum atomic E-state index is 10.1. The first-order chi connectivity index (χ1) is 8.07. The van der Waals surface area contributed by atoms with Crippen LogP contribution in [0.4, 0.5) is 0 Å². The monoisotopic (exact) mass is 264 g/mol. The SMILES string of the molecule is CC(C)C[C@H](N)C(=O)O.N[C@@H](CC(=O)O)C(=O)O. The molecule has 0 saturated carbocycles. The predicted molar refractivity (Wildman–Crippen MR) is 62.9 cm³/mol.